The Morgan fingerprint density at radius 1 is 1.41 bits per heavy atom. The van der Waals surface area contributed by atoms with Crippen molar-refractivity contribution >= 4 is 22.1 Å². The lowest BCUT2D eigenvalue weighted by Gasteiger charge is -2.26. The van der Waals surface area contributed by atoms with Crippen molar-refractivity contribution in [1.82, 2.24) is 0 Å². The van der Waals surface area contributed by atoms with Gasteiger partial charge in [0.2, 0.25) is 0 Å². The molecule has 0 N–H and O–H groups in total. The molecule has 3 rings (SSSR count). The number of carbonyl (C=O) groups excluding carboxylic acids is 2. The second-order valence-corrected chi connectivity index (χ2v) is 7.63. The van der Waals surface area contributed by atoms with E-state index in [4.69, 9.17) is 13.7 Å². The zero-order valence-corrected chi connectivity index (χ0v) is 12.9. The molecule has 0 radical (unpaired) electrons. The van der Waals surface area contributed by atoms with E-state index < -0.39 is 57.8 Å². The van der Waals surface area contributed by atoms with Crippen LogP contribution in [0.15, 0.2) is 12.2 Å². The summed E-state index contributed by atoms with van der Waals surface area (Å²) >= 11 is 0. The van der Waals surface area contributed by atoms with E-state index >= 15 is 0 Å². The van der Waals surface area contributed by atoms with Crippen LogP contribution in [0.3, 0.4) is 0 Å². The molecule has 0 aliphatic carbocycles. The van der Waals surface area contributed by atoms with Crippen LogP contribution in [0.1, 0.15) is 20.3 Å². The van der Waals surface area contributed by atoms with E-state index in [0.717, 1.165) is 0 Å². The average molecular weight is 332 g/mol. The Balaban J connectivity index is 1.65. The van der Waals surface area contributed by atoms with Crippen LogP contribution in [0.25, 0.3) is 0 Å². The first kappa shape index (κ1) is 15.4. The summed E-state index contributed by atoms with van der Waals surface area (Å²) in [6.07, 6.45) is -1.99. The number of esters is 2. The van der Waals surface area contributed by atoms with Crippen molar-refractivity contribution in [1.29, 1.82) is 0 Å². The molecule has 3 aliphatic rings. The Bertz CT molecular complexity index is 653. The van der Waals surface area contributed by atoms with Crippen LogP contribution in [0.2, 0.25) is 0 Å². The smallest absolute Gasteiger partial charge is 0.344 e. The highest BCUT2D eigenvalue weighted by molar-refractivity contribution is 7.87. The summed E-state index contributed by atoms with van der Waals surface area (Å²) in [6, 6.07) is 0. The molecule has 5 unspecified atom stereocenters. The van der Waals surface area contributed by atoms with E-state index in [2.05, 4.69) is 11.3 Å². The number of carbonyl (C=O) groups is 2. The highest BCUT2D eigenvalue weighted by Gasteiger charge is 2.73. The zero-order chi connectivity index (χ0) is 16.3. The molecule has 0 spiro atoms. The van der Waals surface area contributed by atoms with Crippen molar-refractivity contribution in [3.05, 3.63) is 12.2 Å². The molecule has 3 saturated heterocycles. The highest BCUT2D eigenvalue weighted by Crippen LogP contribution is 2.54. The second kappa shape index (κ2) is 4.77. The van der Waals surface area contributed by atoms with Gasteiger partial charge in [-0.15, -0.1) is 0 Å². The van der Waals surface area contributed by atoms with E-state index in [1.54, 1.807) is 6.92 Å². The molecular weight excluding hydrogens is 316 g/mol. The lowest BCUT2D eigenvalue weighted by Crippen LogP contribution is -2.48. The first-order valence-electron chi connectivity index (χ1n) is 6.77. The maximum atomic E-state index is 11.9. The third kappa shape index (κ3) is 2.15. The summed E-state index contributed by atoms with van der Waals surface area (Å²) in [5.41, 5.74) is -0.834. The standard InChI is InChI=1S/C13H16O8S/c1-6(2)12(15)18-5-9(14)19-10-7-4-8-13(3,20-7)11(10)21-22(8,16)17/h7-8,10-11H,1,4-5H2,2-3H3. The molecule has 22 heavy (non-hydrogen) atoms. The van der Waals surface area contributed by atoms with Crippen molar-refractivity contribution in [2.24, 2.45) is 0 Å². The molecule has 3 aliphatic heterocycles. The molecule has 9 heteroatoms. The largest absolute Gasteiger partial charge is 0.454 e. The number of hydrogen-bond donors (Lipinski definition) is 0. The van der Waals surface area contributed by atoms with Crippen molar-refractivity contribution in [3.8, 4) is 0 Å². The van der Waals surface area contributed by atoms with E-state index in [0.29, 0.717) is 0 Å². The lowest BCUT2D eigenvalue weighted by molar-refractivity contribution is -0.164. The van der Waals surface area contributed by atoms with E-state index in [-0.39, 0.29) is 12.0 Å². The lowest BCUT2D eigenvalue weighted by atomic mass is 9.85. The van der Waals surface area contributed by atoms with Crippen molar-refractivity contribution in [2.45, 2.75) is 49.4 Å². The topological polar surface area (TPSA) is 105 Å². The Morgan fingerprint density at radius 3 is 2.73 bits per heavy atom. The van der Waals surface area contributed by atoms with Crippen LogP contribution < -0.4 is 0 Å². The number of hydrogen-bond acceptors (Lipinski definition) is 8. The van der Waals surface area contributed by atoms with Gasteiger partial charge in [-0.25, -0.2) is 9.59 Å². The SMILES string of the molecule is C=C(C)C(=O)OCC(=O)OC1C2CC3C(C)(O2)C1OS3(=O)=O. The maximum absolute atomic E-state index is 11.9. The number of fused-ring (bicyclic) bond motifs is 1. The van der Waals surface area contributed by atoms with Gasteiger partial charge in [-0.3, -0.25) is 4.18 Å². The molecule has 0 amide bonds. The van der Waals surface area contributed by atoms with Gasteiger partial charge in [-0.1, -0.05) is 6.58 Å². The second-order valence-electron chi connectivity index (χ2n) is 5.89. The first-order valence-corrected chi connectivity index (χ1v) is 8.24. The molecule has 3 fully saturated rings. The Labute approximate surface area is 127 Å². The van der Waals surface area contributed by atoms with E-state index in [9.17, 15) is 18.0 Å². The molecule has 0 saturated carbocycles. The molecule has 0 aromatic heterocycles. The van der Waals surface area contributed by atoms with Gasteiger partial charge in [0.15, 0.2) is 12.7 Å². The summed E-state index contributed by atoms with van der Waals surface area (Å²) in [5.74, 6) is -1.49. The number of rotatable bonds is 4. The van der Waals surface area contributed by atoms with Gasteiger partial charge >= 0.3 is 11.9 Å². The molecule has 8 nitrogen and oxygen atoms in total. The molecule has 122 valence electrons. The fourth-order valence-electron chi connectivity index (χ4n) is 3.21. The summed E-state index contributed by atoms with van der Waals surface area (Å²) in [7, 11) is -3.71. The minimum atomic E-state index is -3.71. The molecule has 2 bridgehead atoms. The quantitative estimate of drug-likeness (QED) is 0.392. The van der Waals surface area contributed by atoms with E-state index in [1.807, 2.05) is 0 Å². The third-order valence-electron chi connectivity index (χ3n) is 4.24. The minimum absolute atomic E-state index is 0.164. The number of ether oxygens (including phenoxy) is 3. The molecule has 5 atom stereocenters. The molecular formula is C13H16O8S. The van der Waals surface area contributed by atoms with Gasteiger partial charge in [0.25, 0.3) is 10.1 Å². The van der Waals surface area contributed by atoms with E-state index in [1.165, 1.54) is 6.92 Å². The fourth-order valence-corrected chi connectivity index (χ4v) is 5.12. The average Bonchev–Trinajstić information content (AvgIpc) is 2.92. The molecule has 0 aromatic carbocycles. The van der Waals surface area contributed by atoms with Gasteiger partial charge in [0.1, 0.15) is 17.0 Å². The monoisotopic (exact) mass is 332 g/mol. The maximum Gasteiger partial charge on any atom is 0.344 e. The van der Waals surface area contributed by atoms with Crippen LogP contribution in [-0.4, -0.2) is 56.1 Å². The van der Waals surface area contributed by atoms with Crippen LogP contribution in [0.5, 0.6) is 0 Å². The van der Waals surface area contributed by atoms with Gasteiger partial charge in [0.05, 0.1) is 6.10 Å². The minimum Gasteiger partial charge on any atom is -0.454 e. The van der Waals surface area contributed by atoms with Gasteiger partial charge in [-0.2, -0.15) is 8.42 Å². The van der Waals surface area contributed by atoms with Crippen molar-refractivity contribution in [2.75, 3.05) is 6.61 Å². The van der Waals surface area contributed by atoms with Gasteiger partial charge in [-0.05, 0) is 20.3 Å². The fraction of sp³-hybridized carbons (Fsp3) is 0.692. The zero-order valence-electron chi connectivity index (χ0n) is 12.1. The van der Waals surface area contributed by atoms with Gasteiger partial charge in [0, 0.05) is 5.57 Å². The molecule has 0 aromatic rings. The Morgan fingerprint density at radius 2 is 2.09 bits per heavy atom. The van der Waals surface area contributed by atoms with Gasteiger partial charge < -0.3 is 14.2 Å². The van der Waals surface area contributed by atoms with Crippen molar-refractivity contribution in [3.63, 3.8) is 0 Å². The molecule has 3 heterocycles. The van der Waals surface area contributed by atoms with Crippen molar-refractivity contribution < 1.29 is 36.4 Å². The Hall–Kier alpha value is -1.45. The first-order chi connectivity index (χ1) is 10.1. The Kier molecular flexibility index (Phi) is 3.35. The van der Waals surface area contributed by atoms with Crippen LogP contribution in [-0.2, 0) is 38.1 Å². The summed E-state index contributed by atoms with van der Waals surface area (Å²) in [4.78, 5) is 23.0. The normalized spacial score (nSPS) is 40.5. The summed E-state index contributed by atoms with van der Waals surface area (Å²) in [6.45, 7) is 5.91. The summed E-state index contributed by atoms with van der Waals surface area (Å²) < 4.78 is 44.4. The predicted molar refractivity (Wildman–Crippen MR) is 71.1 cm³/mol. The van der Waals surface area contributed by atoms with Crippen LogP contribution in [0.4, 0.5) is 0 Å². The summed E-state index contributed by atoms with van der Waals surface area (Å²) in [5, 5.41) is -0.730. The van der Waals surface area contributed by atoms with Crippen LogP contribution in [0, 0.1) is 0 Å². The predicted octanol–water partition coefficient (Wildman–Crippen LogP) is -0.324. The third-order valence-corrected chi connectivity index (χ3v) is 6.08. The van der Waals surface area contributed by atoms with Crippen LogP contribution >= 0.6 is 0 Å². The highest BCUT2D eigenvalue weighted by atomic mass is 32.2.